The third-order valence-corrected chi connectivity index (χ3v) is 4.90. The highest BCUT2D eigenvalue weighted by atomic mass is 19.1. The molecule has 3 rings (SSSR count). The standard InChI is InChI=1S/C19H24FN3O2/c1-14-6-9-22(10-7-14)18(24)12-17-19(25)21-8-11-23(17)13-15-2-4-16(20)5-3-15/h2-6,17H,7-13H2,1H3,(H,21,25). The average Bonchev–Trinajstić information content (AvgIpc) is 2.60. The molecule has 5 nitrogen and oxygen atoms in total. The van der Waals surface area contributed by atoms with Crippen LogP contribution in [0.1, 0.15) is 25.3 Å². The predicted molar refractivity (Wildman–Crippen MR) is 93.2 cm³/mol. The van der Waals surface area contributed by atoms with Gasteiger partial charge in [-0.05, 0) is 31.0 Å². The molecular formula is C19H24FN3O2. The Bertz CT molecular complexity index is 672. The van der Waals surface area contributed by atoms with Crippen LogP contribution in [0.3, 0.4) is 0 Å². The van der Waals surface area contributed by atoms with E-state index in [-0.39, 0.29) is 24.1 Å². The number of carbonyl (C=O) groups is 2. The van der Waals surface area contributed by atoms with E-state index in [1.807, 2.05) is 9.80 Å². The van der Waals surface area contributed by atoms with Crippen LogP contribution in [-0.2, 0) is 16.1 Å². The normalized spacial score (nSPS) is 21.7. The fourth-order valence-electron chi connectivity index (χ4n) is 3.29. The van der Waals surface area contributed by atoms with E-state index in [9.17, 15) is 14.0 Å². The highest BCUT2D eigenvalue weighted by Crippen LogP contribution is 2.17. The molecule has 0 aliphatic carbocycles. The summed E-state index contributed by atoms with van der Waals surface area (Å²) in [6, 6.07) is 5.81. The summed E-state index contributed by atoms with van der Waals surface area (Å²) in [7, 11) is 0. The molecule has 1 fully saturated rings. The Balaban J connectivity index is 1.66. The van der Waals surface area contributed by atoms with Crippen molar-refractivity contribution in [3.05, 3.63) is 47.3 Å². The van der Waals surface area contributed by atoms with E-state index in [1.165, 1.54) is 17.7 Å². The summed E-state index contributed by atoms with van der Waals surface area (Å²) in [4.78, 5) is 28.7. The van der Waals surface area contributed by atoms with Crippen molar-refractivity contribution in [3.63, 3.8) is 0 Å². The second kappa shape index (κ2) is 7.78. The van der Waals surface area contributed by atoms with Gasteiger partial charge in [0.05, 0.1) is 12.5 Å². The highest BCUT2D eigenvalue weighted by Gasteiger charge is 2.33. The summed E-state index contributed by atoms with van der Waals surface area (Å²) >= 11 is 0. The summed E-state index contributed by atoms with van der Waals surface area (Å²) in [5.41, 5.74) is 2.24. The molecule has 2 aliphatic rings. The number of rotatable bonds is 4. The smallest absolute Gasteiger partial charge is 0.237 e. The van der Waals surface area contributed by atoms with E-state index in [0.29, 0.717) is 32.7 Å². The summed E-state index contributed by atoms with van der Waals surface area (Å²) in [5, 5.41) is 2.85. The Hall–Kier alpha value is -2.21. The van der Waals surface area contributed by atoms with Gasteiger partial charge in [-0.2, -0.15) is 0 Å². The second-order valence-electron chi connectivity index (χ2n) is 6.75. The molecule has 1 aromatic rings. The molecule has 0 bridgehead atoms. The van der Waals surface area contributed by atoms with Crippen LogP contribution in [0.25, 0.3) is 0 Å². The lowest BCUT2D eigenvalue weighted by molar-refractivity contribution is -0.138. The Morgan fingerprint density at radius 2 is 2.04 bits per heavy atom. The summed E-state index contributed by atoms with van der Waals surface area (Å²) in [5.74, 6) is -0.374. The van der Waals surface area contributed by atoms with Crippen molar-refractivity contribution in [1.29, 1.82) is 0 Å². The molecule has 25 heavy (non-hydrogen) atoms. The quantitative estimate of drug-likeness (QED) is 0.845. The Morgan fingerprint density at radius 3 is 2.72 bits per heavy atom. The number of benzene rings is 1. The molecule has 134 valence electrons. The van der Waals surface area contributed by atoms with E-state index in [2.05, 4.69) is 18.3 Å². The Labute approximate surface area is 147 Å². The minimum atomic E-state index is -0.474. The zero-order chi connectivity index (χ0) is 17.8. The second-order valence-corrected chi connectivity index (χ2v) is 6.75. The van der Waals surface area contributed by atoms with E-state index in [1.54, 1.807) is 12.1 Å². The van der Waals surface area contributed by atoms with Crippen molar-refractivity contribution in [1.82, 2.24) is 15.1 Å². The van der Waals surface area contributed by atoms with Gasteiger partial charge in [-0.1, -0.05) is 23.8 Å². The molecule has 0 aromatic heterocycles. The van der Waals surface area contributed by atoms with Crippen LogP contribution in [0, 0.1) is 5.82 Å². The number of nitrogens with zero attached hydrogens (tertiary/aromatic N) is 2. The first-order chi connectivity index (χ1) is 12.0. The highest BCUT2D eigenvalue weighted by molar-refractivity contribution is 5.89. The molecule has 1 aromatic carbocycles. The average molecular weight is 345 g/mol. The minimum Gasteiger partial charge on any atom is -0.353 e. The minimum absolute atomic E-state index is 0.00917. The van der Waals surface area contributed by atoms with Crippen molar-refractivity contribution in [2.75, 3.05) is 26.2 Å². The van der Waals surface area contributed by atoms with Crippen molar-refractivity contribution in [2.45, 2.75) is 32.4 Å². The maximum absolute atomic E-state index is 13.1. The third-order valence-electron chi connectivity index (χ3n) is 4.90. The van der Waals surface area contributed by atoms with Crippen molar-refractivity contribution in [3.8, 4) is 0 Å². The van der Waals surface area contributed by atoms with Gasteiger partial charge in [0.25, 0.3) is 0 Å². The van der Waals surface area contributed by atoms with Crippen LogP contribution < -0.4 is 5.32 Å². The summed E-state index contributed by atoms with van der Waals surface area (Å²) < 4.78 is 13.1. The molecule has 6 heteroatoms. The first-order valence-corrected chi connectivity index (χ1v) is 8.72. The van der Waals surface area contributed by atoms with Gasteiger partial charge in [0.15, 0.2) is 0 Å². The number of amides is 2. The van der Waals surface area contributed by atoms with Crippen molar-refractivity contribution >= 4 is 11.8 Å². The largest absolute Gasteiger partial charge is 0.353 e. The van der Waals surface area contributed by atoms with Gasteiger partial charge < -0.3 is 10.2 Å². The number of hydrogen-bond acceptors (Lipinski definition) is 3. The van der Waals surface area contributed by atoms with Gasteiger partial charge in [0.1, 0.15) is 5.82 Å². The zero-order valence-corrected chi connectivity index (χ0v) is 14.5. The predicted octanol–water partition coefficient (Wildman–Crippen LogP) is 1.69. The number of piperazine rings is 1. The Kier molecular flexibility index (Phi) is 5.48. The molecule has 0 spiro atoms. The van der Waals surface area contributed by atoms with Gasteiger partial charge in [0.2, 0.25) is 11.8 Å². The van der Waals surface area contributed by atoms with E-state index in [4.69, 9.17) is 0 Å². The monoisotopic (exact) mass is 345 g/mol. The van der Waals surface area contributed by atoms with Gasteiger partial charge in [0, 0.05) is 32.7 Å². The molecule has 2 aliphatic heterocycles. The lowest BCUT2D eigenvalue weighted by Crippen LogP contribution is -2.56. The molecule has 1 atom stereocenters. The fraction of sp³-hybridized carbons (Fsp3) is 0.474. The molecule has 1 unspecified atom stereocenters. The topological polar surface area (TPSA) is 52.7 Å². The molecule has 1 N–H and O–H groups in total. The van der Waals surface area contributed by atoms with Crippen LogP contribution >= 0.6 is 0 Å². The molecule has 0 saturated carbocycles. The molecular weight excluding hydrogens is 321 g/mol. The van der Waals surface area contributed by atoms with E-state index in [0.717, 1.165) is 12.0 Å². The van der Waals surface area contributed by atoms with Crippen LogP contribution in [-0.4, -0.2) is 53.8 Å². The van der Waals surface area contributed by atoms with Gasteiger partial charge in [-0.25, -0.2) is 4.39 Å². The van der Waals surface area contributed by atoms with Gasteiger partial charge in [-0.15, -0.1) is 0 Å². The van der Waals surface area contributed by atoms with Crippen LogP contribution in [0.2, 0.25) is 0 Å². The molecule has 2 amide bonds. The maximum Gasteiger partial charge on any atom is 0.237 e. The lowest BCUT2D eigenvalue weighted by Gasteiger charge is -2.36. The number of nitrogens with one attached hydrogen (secondary N) is 1. The third kappa shape index (κ3) is 4.45. The zero-order valence-electron chi connectivity index (χ0n) is 14.5. The lowest BCUT2D eigenvalue weighted by atomic mass is 10.0. The van der Waals surface area contributed by atoms with Crippen LogP contribution in [0.15, 0.2) is 35.9 Å². The van der Waals surface area contributed by atoms with Crippen LogP contribution in [0.5, 0.6) is 0 Å². The first kappa shape index (κ1) is 17.6. The molecule has 2 heterocycles. The van der Waals surface area contributed by atoms with Crippen molar-refractivity contribution < 1.29 is 14.0 Å². The Morgan fingerprint density at radius 1 is 1.28 bits per heavy atom. The SMILES string of the molecule is CC1=CCN(C(=O)CC2C(=O)NCCN2Cc2ccc(F)cc2)CC1. The number of halogens is 1. The van der Waals surface area contributed by atoms with Gasteiger partial charge >= 0.3 is 0 Å². The summed E-state index contributed by atoms with van der Waals surface area (Å²) in [6.07, 6.45) is 3.14. The number of hydrogen-bond donors (Lipinski definition) is 1. The van der Waals surface area contributed by atoms with Gasteiger partial charge in [-0.3, -0.25) is 14.5 Å². The van der Waals surface area contributed by atoms with Crippen LogP contribution in [0.4, 0.5) is 4.39 Å². The summed E-state index contributed by atoms with van der Waals surface area (Å²) in [6.45, 7) is 5.19. The fourth-order valence-corrected chi connectivity index (χ4v) is 3.29. The molecule has 0 radical (unpaired) electrons. The van der Waals surface area contributed by atoms with E-state index < -0.39 is 6.04 Å². The van der Waals surface area contributed by atoms with E-state index >= 15 is 0 Å². The number of carbonyl (C=O) groups excluding carboxylic acids is 2. The van der Waals surface area contributed by atoms with Crippen molar-refractivity contribution in [2.24, 2.45) is 0 Å². The first-order valence-electron chi connectivity index (χ1n) is 8.72. The molecule has 1 saturated heterocycles. The maximum atomic E-state index is 13.1.